The molecule has 1 aliphatic carbocycles. The summed E-state index contributed by atoms with van der Waals surface area (Å²) in [4.78, 5) is 11.4. The SMILES string of the molecule is CN[C@@H]1C[C@@H]1[C@@H](C)NC(=O)OC(C)(C)C. The minimum atomic E-state index is -0.421. The normalized spacial score (nSPS) is 27.0. The van der Waals surface area contributed by atoms with Crippen molar-refractivity contribution in [3.8, 4) is 0 Å². The molecule has 1 aliphatic rings. The van der Waals surface area contributed by atoms with E-state index in [9.17, 15) is 4.79 Å². The maximum Gasteiger partial charge on any atom is 0.407 e. The van der Waals surface area contributed by atoms with Gasteiger partial charge in [-0.1, -0.05) is 0 Å². The smallest absolute Gasteiger partial charge is 0.407 e. The molecular weight excluding hydrogens is 192 g/mol. The molecule has 1 rings (SSSR count). The second-order valence-corrected chi connectivity index (χ2v) is 5.23. The van der Waals surface area contributed by atoms with Crippen molar-refractivity contribution in [2.24, 2.45) is 5.92 Å². The molecule has 0 aliphatic heterocycles. The molecule has 0 spiro atoms. The molecular formula is C11H22N2O2. The number of amides is 1. The van der Waals surface area contributed by atoms with E-state index < -0.39 is 5.60 Å². The molecule has 4 nitrogen and oxygen atoms in total. The number of carbonyl (C=O) groups excluding carboxylic acids is 1. The predicted molar refractivity (Wildman–Crippen MR) is 59.8 cm³/mol. The standard InChI is InChI=1S/C11H22N2O2/c1-7(8-6-9(8)12-5)13-10(14)15-11(2,3)4/h7-9,12H,6H2,1-5H3,(H,13,14)/t7-,8-,9-/m1/s1. The van der Waals surface area contributed by atoms with Gasteiger partial charge in [-0.2, -0.15) is 0 Å². The molecule has 15 heavy (non-hydrogen) atoms. The first-order chi connectivity index (χ1) is 6.83. The fourth-order valence-electron chi connectivity index (χ4n) is 1.70. The summed E-state index contributed by atoms with van der Waals surface area (Å²) in [5.74, 6) is 0.544. The van der Waals surface area contributed by atoms with E-state index in [0.717, 1.165) is 6.42 Å². The Morgan fingerprint density at radius 2 is 2.07 bits per heavy atom. The zero-order valence-electron chi connectivity index (χ0n) is 10.3. The number of hydrogen-bond donors (Lipinski definition) is 2. The quantitative estimate of drug-likeness (QED) is 0.748. The maximum absolute atomic E-state index is 11.4. The summed E-state index contributed by atoms with van der Waals surface area (Å²) >= 11 is 0. The Bertz CT molecular complexity index is 235. The van der Waals surface area contributed by atoms with E-state index in [1.54, 1.807) is 0 Å². The van der Waals surface area contributed by atoms with Crippen LogP contribution in [-0.4, -0.2) is 30.8 Å². The maximum atomic E-state index is 11.4. The van der Waals surface area contributed by atoms with E-state index >= 15 is 0 Å². The van der Waals surface area contributed by atoms with Crippen LogP contribution in [0.4, 0.5) is 4.79 Å². The third-order valence-electron chi connectivity index (χ3n) is 2.60. The second-order valence-electron chi connectivity index (χ2n) is 5.23. The number of rotatable bonds is 3. The van der Waals surface area contributed by atoms with Gasteiger partial charge >= 0.3 is 6.09 Å². The third-order valence-corrected chi connectivity index (χ3v) is 2.60. The zero-order valence-corrected chi connectivity index (χ0v) is 10.3. The average Bonchev–Trinajstić information content (AvgIpc) is 2.77. The minimum Gasteiger partial charge on any atom is -0.444 e. The first kappa shape index (κ1) is 12.3. The lowest BCUT2D eigenvalue weighted by Crippen LogP contribution is -2.39. The van der Waals surface area contributed by atoms with Crippen molar-refractivity contribution >= 4 is 6.09 Å². The van der Waals surface area contributed by atoms with E-state index in [1.807, 2.05) is 34.7 Å². The van der Waals surface area contributed by atoms with Crippen molar-refractivity contribution in [1.29, 1.82) is 0 Å². The Labute approximate surface area is 91.8 Å². The van der Waals surface area contributed by atoms with Gasteiger partial charge in [0.15, 0.2) is 0 Å². The number of alkyl carbamates (subject to hydrolysis) is 1. The van der Waals surface area contributed by atoms with Crippen molar-refractivity contribution in [1.82, 2.24) is 10.6 Å². The molecule has 0 radical (unpaired) electrons. The van der Waals surface area contributed by atoms with Gasteiger partial charge in [-0.05, 0) is 47.1 Å². The Hall–Kier alpha value is -0.770. The van der Waals surface area contributed by atoms with Crippen molar-refractivity contribution in [2.75, 3.05) is 7.05 Å². The molecule has 0 aromatic carbocycles. The van der Waals surface area contributed by atoms with Crippen LogP contribution in [0.25, 0.3) is 0 Å². The van der Waals surface area contributed by atoms with Gasteiger partial charge < -0.3 is 15.4 Å². The molecule has 0 bridgehead atoms. The van der Waals surface area contributed by atoms with Gasteiger partial charge in [-0.15, -0.1) is 0 Å². The number of nitrogens with one attached hydrogen (secondary N) is 2. The molecule has 3 atom stereocenters. The molecule has 0 saturated heterocycles. The fourth-order valence-corrected chi connectivity index (χ4v) is 1.70. The molecule has 4 heteroatoms. The molecule has 0 aromatic heterocycles. The van der Waals surface area contributed by atoms with Crippen molar-refractivity contribution < 1.29 is 9.53 Å². The van der Waals surface area contributed by atoms with Crippen LogP contribution in [0.2, 0.25) is 0 Å². The summed E-state index contributed by atoms with van der Waals surface area (Å²) in [5, 5.41) is 6.06. The van der Waals surface area contributed by atoms with Crippen LogP contribution in [0.3, 0.4) is 0 Å². The number of carbonyl (C=O) groups is 1. The zero-order chi connectivity index (χ0) is 11.6. The van der Waals surface area contributed by atoms with Crippen LogP contribution in [0, 0.1) is 5.92 Å². The molecule has 1 fully saturated rings. The van der Waals surface area contributed by atoms with Gasteiger partial charge in [0, 0.05) is 12.1 Å². The van der Waals surface area contributed by atoms with Crippen LogP contribution in [0.15, 0.2) is 0 Å². The highest BCUT2D eigenvalue weighted by Crippen LogP contribution is 2.33. The average molecular weight is 214 g/mol. The monoisotopic (exact) mass is 214 g/mol. The summed E-state index contributed by atoms with van der Waals surface area (Å²) in [5.41, 5.74) is -0.421. The Morgan fingerprint density at radius 3 is 2.47 bits per heavy atom. The Morgan fingerprint density at radius 1 is 1.47 bits per heavy atom. The van der Waals surface area contributed by atoms with Crippen LogP contribution < -0.4 is 10.6 Å². The summed E-state index contributed by atoms with van der Waals surface area (Å²) in [6, 6.07) is 0.729. The van der Waals surface area contributed by atoms with Crippen LogP contribution in [-0.2, 0) is 4.74 Å². The number of hydrogen-bond acceptors (Lipinski definition) is 3. The van der Waals surface area contributed by atoms with Gasteiger partial charge in [0.1, 0.15) is 5.60 Å². The highest BCUT2D eigenvalue weighted by atomic mass is 16.6. The van der Waals surface area contributed by atoms with Gasteiger partial charge in [0.2, 0.25) is 0 Å². The lowest BCUT2D eigenvalue weighted by molar-refractivity contribution is 0.0502. The molecule has 0 aromatic rings. The van der Waals surface area contributed by atoms with Gasteiger partial charge in [-0.3, -0.25) is 0 Å². The molecule has 1 amide bonds. The molecule has 88 valence electrons. The Balaban J connectivity index is 2.27. The molecule has 2 N–H and O–H groups in total. The number of ether oxygens (including phenoxy) is 1. The highest BCUT2D eigenvalue weighted by molar-refractivity contribution is 5.68. The highest BCUT2D eigenvalue weighted by Gasteiger charge is 2.40. The topological polar surface area (TPSA) is 50.4 Å². The van der Waals surface area contributed by atoms with E-state index in [2.05, 4.69) is 10.6 Å². The minimum absolute atomic E-state index is 0.178. The van der Waals surface area contributed by atoms with Crippen LogP contribution in [0.1, 0.15) is 34.1 Å². The van der Waals surface area contributed by atoms with E-state index in [-0.39, 0.29) is 12.1 Å². The lowest BCUT2D eigenvalue weighted by atomic mass is 10.2. The first-order valence-corrected chi connectivity index (χ1v) is 5.50. The largest absolute Gasteiger partial charge is 0.444 e. The summed E-state index contributed by atoms with van der Waals surface area (Å²) < 4.78 is 5.18. The first-order valence-electron chi connectivity index (χ1n) is 5.50. The van der Waals surface area contributed by atoms with Crippen LogP contribution >= 0.6 is 0 Å². The fraction of sp³-hybridized carbons (Fsp3) is 0.909. The Kier molecular flexibility index (Phi) is 3.60. The summed E-state index contributed by atoms with van der Waals surface area (Å²) in [6.45, 7) is 7.62. The van der Waals surface area contributed by atoms with E-state index in [1.165, 1.54) is 0 Å². The van der Waals surface area contributed by atoms with Gasteiger partial charge in [-0.25, -0.2) is 4.79 Å². The lowest BCUT2D eigenvalue weighted by Gasteiger charge is -2.22. The van der Waals surface area contributed by atoms with Crippen LogP contribution in [0.5, 0.6) is 0 Å². The van der Waals surface area contributed by atoms with Gasteiger partial charge in [0.05, 0.1) is 0 Å². The predicted octanol–water partition coefficient (Wildman–Crippen LogP) is 1.51. The molecule has 0 unspecified atom stereocenters. The van der Waals surface area contributed by atoms with E-state index in [4.69, 9.17) is 4.74 Å². The summed E-state index contributed by atoms with van der Waals surface area (Å²) in [6.07, 6.45) is 0.810. The van der Waals surface area contributed by atoms with Crippen molar-refractivity contribution in [3.05, 3.63) is 0 Å². The second kappa shape index (κ2) is 4.39. The third kappa shape index (κ3) is 4.08. The van der Waals surface area contributed by atoms with E-state index in [0.29, 0.717) is 12.0 Å². The van der Waals surface area contributed by atoms with Gasteiger partial charge in [0.25, 0.3) is 0 Å². The van der Waals surface area contributed by atoms with Crippen molar-refractivity contribution in [3.63, 3.8) is 0 Å². The van der Waals surface area contributed by atoms with Crippen molar-refractivity contribution in [2.45, 2.75) is 51.8 Å². The molecule has 1 saturated carbocycles. The summed E-state index contributed by atoms with van der Waals surface area (Å²) in [7, 11) is 1.95. The molecule has 0 heterocycles.